The summed E-state index contributed by atoms with van der Waals surface area (Å²) < 4.78 is 10.1. The van der Waals surface area contributed by atoms with Crippen molar-refractivity contribution in [3.05, 3.63) is 0 Å². The number of amides is 1. The zero-order chi connectivity index (χ0) is 16.5. The van der Waals surface area contributed by atoms with Crippen LogP contribution in [0.1, 0.15) is 46.5 Å². The molecule has 128 valence electrons. The summed E-state index contributed by atoms with van der Waals surface area (Å²) in [5.41, 5.74) is 0. The highest BCUT2D eigenvalue weighted by atomic mass is 16.6. The van der Waals surface area contributed by atoms with Crippen LogP contribution in [0.2, 0.25) is 0 Å². The lowest BCUT2D eigenvalue weighted by atomic mass is 10.0. The summed E-state index contributed by atoms with van der Waals surface area (Å²) in [4.78, 5) is 25.4. The number of carbonyl (C=O) groups is 2. The van der Waals surface area contributed by atoms with Gasteiger partial charge in [0.05, 0.1) is 13.7 Å². The van der Waals surface area contributed by atoms with Crippen molar-refractivity contribution >= 4 is 12.1 Å². The maximum atomic E-state index is 11.9. The van der Waals surface area contributed by atoms with Gasteiger partial charge >= 0.3 is 12.1 Å². The number of likely N-dealkylation sites (tertiary alicyclic amines) is 1. The second-order valence-corrected chi connectivity index (χ2v) is 6.26. The summed E-state index contributed by atoms with van der Waals surface area (Å²) in [6.45, 7) is 7.86. The summed E-state index contributed by atoms with van der Waals surface area (Å²) in [6.07, 6.45) is 3.11. The summed E-state index contributed by atoms with van der Waals surface area (Å²) in [7, 11) is 1.42. The van der Waals surface area contributed by atoms with Gasteiger partial charge in [-0.15, -0.1) is 0 Å². The molecular formula is C16H30N2O4. The molecule has 6 nitrogen and oxygen atoms in total. The SMILES string of the molecule is CCC[C@H](NC1CCN(C(=O)OCC(C)C)CC1)C(=O)OC. The first-order valence-corrected chi connectivity index (χ1v) is 8.23. The highest BCUT2D eigenvalue weighted by molar-refractivity contribution is 5.75. The minimum Gasteiger partial charge on any atom is -0.468 e. The lowest BCUT2D eigenvalue weighted by molar-refractivity contribution is -0.143. The average molecular weight is 314 g/mol. The monoisotopic (exact) mass is 314 g/mol. The van der Waals surface area contributed by atoms with E-state index in [1.54, 1.807) is 4.90 Å². The second kappa shape index (κ2) is 9.66. The fourth-order valence-corrected chi connectivity index (χ4v) is 2.54. The molecule has 1 rings (SSSR count). The Hall–Kier alpha value is -1.30. The maximum Gasteiger partial charge on any atom is 0.409 e. The van der Waals surface area contributed by atoms with Gasteiger partial charge in [-0.1, -0.05) is 27.2 Å². The summed E-state index contributed by atoms with van der Waals surface area (Å²) in [5, 5.41) is 3.36. The topological polar surface area (TPSA) is 67.9 Å². The Labute approximate surface area is 133 Å². The van der Waals surface area contributed by atoms with Crippen LogP contribution in [0.3, 0.4) is 0 Å². The van der Waals surface area contributed by atoms with E-state index in [0.717, 1.165) is 25.7 Å². The van der Waals surface area contributed by atoms with E-state index in [1.807, 2.05) is 20.8 Å². The molecule has 0 aromatic heterocycles. The number of methoxy groups -OCH3 is 1. The normalized spacial score (nSPS) is 17.4. The van der Waals surface area contributed by atoms with Crippen molar-refractivity contribution < 1.29 is 19.1 Å². The van der Waals surface area contributed by atoms with Crippen molar-refractivity contribution in [2.45, 2.75) is 58.5 Å². The molecule has 22 heavy (non-hydrogen) atoms. The van der Waals surface area contributed by atoms with Gasteiger partial charge in [0.15, 0.2) is 0 Å². The molecule has 1 saturated heterocycles. The van der Waals surface area contributed by atoms with Crippen LogP contribution in [0, 0.1) is 5.92 Å². The quantitative estimate of drug-likeness (QED) is 0.730. The lowest BCUT2D eigenvalue weighted by Gasteiger charge is -2.33. The summed E-state index contributed by atoms with van der Waals surface area (Å²) in [5.74, 6) is 0.138. The van der Waals surface area contributed by atoms with Gasteiger partial charge in [0.25, 0.3) is 0 Å². The van der Waals surface area contributed by atoms with Gasteiger partial charge in [0.1, 0.15) is 6.04 Å². The van der Waals surface area contributed by atoms with Gasteiger partial charge in [-0.3, -0.25) is 4.79 Å². The van der Waals surface area contributed by atoms with Crippen molar-refractivity contribution in [3.8, 4) is 0 Å². The van der Waals surface area contributed by atoms with Crippen LogP contribution in [0.25, 0.3) is 0 Å². The number of hydrogen-bond donors (Lipinski definition) is 1. The molecule has 0 unspecified atom stereocenters. The molecule has 1 N–H and O–H groups in total. The highest BCUT2D eigenvalue weighted by Gasteiger charge is 2.27. The molecule has 1 atom stereocenters. The molecule has 1 aliphatic rings. The smallest absolute Gasteiger partial charge is 0.409 e. The molecule has 0 aromatic rings. The molecular weight excluding hydrogens is 284 g/mol. The molecule has 1 fully saturated rings. The molecule has 0 bridgehead atoms. The van der Waals surface area contributed by atoms with E-state index >= 15 is 0 Å². The third kappa shape index (κ3) is 6.22. The van der Waals surface area contributed by atoms with Crippen molar-refractivity contribution in [2.75, 3.05) is 26.8 Å². The number of carbonyl (C=O) groups excluding carboxylic acids is 2. The number of esters is 1. The molecule has 1 heterocycles. The zero-order valence-corrected chi connectivity index (χ0v) is 14.3. The van der Waals surface area contributed by atoms with Gasteiger partial charge in [0.2, 0.25) is 0 Å². The number of nitrogens with one attached hydrogen (secondary N) is 1. The van der Waals surface area contributed by atoms with Crippen LogP contribution in [0.4, 0.5) is 4.79 Å². The number of ether oxygens (including phenoxy) is 2. The standard InChI is InChI=1S/C16H30N2O4/c1-5-6-14(15(19)21-4)17-13-7-9-18(10-8-13)16(20)22-11-12(2)3/h12-14,17H,5-11H2,1-4H3/t14-/m0/s1. The van der Waals surface area contributed by atoms with Gasteiger partial charge in [-0.25, -0.2) is 4.79 Å². The lowest BCUT2D eigenvalue weighted by Crippen LogP contribution is -2.50. The first-order valence-electron chi connectivity index (χ1n) is 8.23. The molecule has 6 heteroatoms. The van der Waals surface area contributed by atoms with Crippen molar-refractivity contribution in [1.82, 2.24) is 10.2 Å². The minimum atomic E-state index is -0.251. The van der Waals surface area contributed by atoms with Crippen molar-refractivity contribution in [1.29, 1.82) is 0 Å². The van der Waals surface area contributed by atoms with Crippen LogP contribution < -0.4 is 5.32 Å². The second-order valence-electron chi connectivity index (χ2n) is 6.26. The van der Waals surface area contributed by atoms with Crippen LogP contribution in [-0.4, -0.2) is 55.9 Å². The van der Waals surface area contributed by atoms with Crippen LogP contribution in [0.5, 0.6) is 0 Å². The van der Waals surface area contributed by atoms with Crippen LogP contribution >= 0.6 is 0 Å². The highest BCUT2D eigenvalue weighted by Crippen LogP contribution is 2.14. The molecule has 0 saturated carbocycles. The molecule has 0 aromatic carbocycles. The molecule has 0 radical (unpaired) electrons. The van der Waals surface area contributed by atoms with Crippen molar-refractivity contribution in [3.63, 3.8) is 0 Å². The van der Waals surface area contributed by atoms with Crippen molar-refractivity contribution in [2.24, 2.45) is 5.92 Å². The maximum absolute atomic E-state index is 11.9. The summed E-state index contributed by atoms with van der Waals surface area (Å²) >= 11 is 0. The molecule has 0 spiro atoms. The Kier molecular flexibility index (Phi) is 8.24. The number of hydrogen-bond acceptors (Lipinski definition) is 5. The molecule has 1 amide bonds. The first-order chi connectivity index (χ1) is 10.5. The zero-order valence-electron chi connectivity index (χ0n) is 14.3. The fraction of sp³-hybridized carbons (Fsp3) is 0.875. The van der Waals surface area contributed by atoms with E-state index in [-0.39, 0.29) is 24.1 Å². The van der Waals surface area contributed by atoms with Crippen LogP contribution in [0.15, 0.2) is 0 Å². The Morgan fingerprint density at radius 1 is 1.27 bits per heavy atom. The third-order valence-corrected chi connectivity index (χ3v) is 3.79. The summed E-state index contributed by atoms with van der Waals surface area (Å²) in [6, 6.07) is -0.00996. The van der Waals surface area contributed by atoms with E-state index < -0.39 is 0 Å². The number of nitrogens with zero attached hydrogens (tertiary/aromatic N) is 1. The fourth-order valence-electron chi connectivity index (χ4n) is 2.54. The van der Waals surface area contributed by atoms with Gasteiger partial charge < -0.3 is 19.7 Å². The average Bonchev–Trinajstić information content (AvgIpc) is 2.52. The van der Waals surface area contributed by atoms with E-state index in [2.05, 4.69) is 5.32 Å². The van der Waals surface area contributed by atoms with Gasteiger partial charge in [-0.05, 0) is 25.2 Å². The van der Waals surface area contributed by atoms with E-state index in [9.17, 15) is 9.59 Å². The number of piperidine rings is 1. The number of rotatable bonds is 7. The first kappa shape index (κ1) is 18.7. The Bertz CT molecular complexity index is 352. The predicted octanol–water partition coefficient (Wildman–Crippen LogP) is 2.17. The predicted molar refractivity (Wildman–Crippen MR) is 84.6 cm³/mol. The molecule has 0 aliphatic carbocycles. The Balaban J connectivity index is 2.37. The minimum absolute atomic E-state index is 0.208. The van der Waals surface area contributed by atoms with E-state index in [0.29, 0.717) is 25.6 Å². The van der Waals surface area contributed by atoms with E-state index in [1.165, 1.54) is 7.11 Å². The molecule has 1 aliphatic heterocycles. The van der Waals surface area contributed by atoms with Gasteiger partial charge in [0, 0.05) is 19.1 Å². The Morgan fingerprint density at radius 3 is 2.41 bits per heavy atom. The third-order valence-electron chi connectivity index (χ3n) is 3.79. The van der Waals surface area contributed by atoms with Crippen LogP contribution in [-0.2, 0) is 14.3 Å². The largest absolute Gasteiger partial charge is 0.468 e. The Morgan fingerprint density at radius 2 is 1.91 bits per heavy atom. The van der Waals surface area contributed by atoms with Gasteiger partial charge in [-0.2, -0.15) is 0 Å². The van der Waals surface area contributed by atoms with E-state index in [4.69, 9.17) is 9.47 Å².